The topological polar surface area (TPSA) is 51.4 Å². The summed E-state index contributed by atoms with van der Waals surface area (Å²) in [5, 5.41) is 6.87. The van der Waals surface area contributed by atoms with Gasteiger partial charge in [-0.1, -0.05) is 35.0 Å². The van der Waals surface area contributed by atoms with Crippen molar-refractivity contribution in [2.75, 3.05) is 13.2 Å². The van der Waals surface area contributed by atoms with Gasteiger partial charge in [0.05, 0.1) is 12.6 Å². The van der Waals surface area contributed by atoms with Gasteiger partial charge in [0.2, 0.25) is 11.7 Å². The summed E-state index contributed by atoms with van der Waals surface area (Å²) in [5.41, 5.74) is 0.858. The first-order valence-electron chi connectivity index (χ1n) is 8.71. The quantitative estimate of drug-likeness (QED) is 0.589. The van der Waals surface area contributed by atoms with Crippen LogP contribution < -0.4 is 0 Å². The second-order valence-electron chi connectivity index (χ2n) is 6.41. The lowest BCUT2D eigenvalue weighted by molar-refractivity contribution is 0.0644. The van der Waals surface area contributed by atoms with Gasteiger partial charge in [0.15, 0.2) is 0 Å². The van der Waals surface area contributed by atoms with Crippen LogP contribution in [0.4, 0.5) is 0 Å². The van der Waals surface area contributed by atoms with Gasteiger partial charge in [-0.3, -0.25) is 4.90 Å². The van der Waals surface area contributed by atoms with Crippen LogP contribution in [0.2, 0.25) is 5.02 Å². The van der Waals surface area contributed by atoms with E-state index in [0.29, 0.717) is 23.3 Å². The molecule has 0 radical (unpaired) electrons. The predicted octanol–water partition coefficient (Wildman–Crippen LogP) is 4.63. The predicted molar refractivity (Wildman–Crippen MR) is 102 cm³/mol. The molecule has 1 aliphatic rings. The van der Waals surface area contributed by atoms with Gasteiger partial charge in [-0.15, -0.1) is 11.3 Å². The van der Waals surface area contributed by atoms with E-state index in [-0.39, 0.29) is 6.10 Å². The minimum absolute atomic E-state index is 0.283. The highest BCUT2D eigenvalue weighted by molar-refractivity contribution is 7.09. The average Bonchev–Trinajstić information content (AvgIpc) is 3.37. The molecular formula is C19H20ClN3O2S. The number of aromatic nitrogens is 2. The number of thiophene rings is 1. The zero-order chi connectivity index (χ0) is 17.8. The van der Waals surface area contributed by atoms with Crippen LogP contribution in [0.1, 0.15) is 23.6 Å². The minimum atomic E-state index is 0.283. The van der Waals surface area contributed by atoms with Gasteiger partial charge in [-0.2, -0.15) is 4.98 Å². The summed E-state index contributed by atoms with van der Waals surface area (Å²) in [6, 6.07) is 11.7. The fourth-order valence-corrected chi connectivity index (χ4v) is 4.08. The van der Waals surface area contributed by atoms with Crippen molar-refractivity contribution in [2.24, 2.45) is 0 Å². The van der Waals surface area contributed by atoms with Crippen LogP contribution >= 0.6 is 22.9 Å². The summed E-state index contributed by atoms with van der Waals surface area (Å²) >= 11 is 7.81. The molecule has 1 unspecified atom stereocenters. The third-order valence-electron chi connectivity index (χ3n) is 4.36. The summed E-state index contributed by atoms with van der Waals surface area (Å²) in [7, 11) is 0. The van der Waals surface area contributed by atoms with Crippen LogP contribution in [-0.2, 0) is 17.8 Å². The summed E-state index contributed by atoms with van der Waals surface area (Å²) in [6.07, 6.45) is 2.53. The van der Waals surface area contributed by atoms with Gasteiger partial charge >= 0.3 is 0 Å². The SMILES string of the molecule is Clc1cccc(-c2noc(CN(Cc3cccs3)CC3CCCO3)n2)c1. The molecule has 3 aromatic rings. The molecule has 1 aromatic carbocycles. The molecule has 136 valence electrons. The third kappa shape index (κ3) is 4.51. The summed E-state index contributed by atoms with van der Waals surface area (Å²) in [5.74, 6) is 1.17. The van der Waals surface area contributed by atoms with Crippen LogP contribution in [0.15, 0.2) is 46.3 Å². The van der Waals surface area contributed by atoms with Gasteiger partial charge in [0.25, 0.3) is 0 Å². The molecule has 1 saturated heterocycles. The molecule has 0 N–H and O–H groups in total. The maximum Gasteiger partial charge on any atom is 0.241 e. The summed E-state index contributed by atoms with van der Waals surface area (Å²) in [4.78, 5) is 8.18. The smallest absolute Gasteiger partial charge is 0.241 e. The number of ether oxygens (including phenoxy) is 1. The van der Waals surface area contributed by atoms with E-state index in [4.69, 9.17) is 20.9 Å². The molecule has 3 heterocycles. The standard InChI is InChI=1S/C19H20ClN3O2S/c20-15-5-1-4-14(10-15)19-21-18(25-22-19)13-23(11-16-6-2-8-24-16)12-17-7-3-9-26-17/h1,3-5,7,9-10,16H,2,6,8,11-13H2. The van der Waals surface area contributed by atoms with E-state index in [9.17, 15) is 0 Å². The summed E-state index contributed by atoms with van der Waals surface area (Å²) < 4.78 is 11.3. The summed E-state index contributed by atoms with van der Waals surface area (Å²) in [6.45, 7) is 3.18. The fourth-order valence-electron chi connectivity index (χ4n) is 3.14. The van der Waals surface area contributed by atoms with Crippen LogP contribution in [0, 0.1) is 0 Å². The van der Waals surface area contributed by atoms with Crippen LogP contribution in [-0.4, -0.2) is 34.3 Å². The Balaban J connectivity index is 1.47. The molecule has 7 heteroatoms. The number of hydrogen-bond acceptors (Lipinski definition) is 6. The Morgan fingerprint density at radius 3 is 2.96 bits per heavy atom. The first-order chi connectivity index (χ1) is 12.8. The maximum atomic E-state index is 6.05. The van der Waals surface area contributed by atoms with Crippen molar-refractivity contribution < 1.29 is 9.26 Å². The molecule has 0 bridgehead atoms. The molecule has 2 aromatic heterocycles. The Morgan fingerprint density at radius 2 is 2.19 bits per heavy atom. The van der Waals surface area contributed by atoms with Gasteiger partial charge in [0.1, 0.15) is 0 Å². The highest BCUT2D eigenvalue weighted by atomic mass is 35.5. The Hall–Kier alpha value is -1.73. The molecule has 0 saturated carbocycles. The van der Waals surface area contributed by atoms with Crippen molar-refractivity contribution in [3.8, 4) is 11.4 Å². The monoisotopic (exact) mass is 389 g/mol. The molecule has 1 fully saturated rings. The van der Waals surface area contributed by atoms with Crippen LogP contribution in [0.5, 0.6) is 0 Å². The Morgan fingerprint density at radius 1 is 1.23 bits per heavy atom. The second-order valence-corrected chi connectivity index (χ2v) is 7.87. The zero-order valence-corrected chi connectivity index (χ0v) is 15.9. The lowest BCUT2D eigenvalue weighted by atomic mass is 10.2. The van der Waals surface area contributed by atoms with E-state index >= 15 is 0 Å². The maximum absolute atomic E-state index is 6.05. The number of benzene rings is 1. The van der Waals surface area contributed by atoms with Crippen molar-refractivity contribution in [2.45, 2.75) is 32.0 Å². The van der Waals surface area contributed by atoms with E-state index in [0.717, 1.165) is 38.1 Å². The van der Waals surface area contributed by atoms with E-state index < -0.39 is 0 Å². The van der Waals surface area contributed by atoms with E-state index in [1.54, 1.807) is 11.3 Å². The zero-order valence-electron chi connectivity index (χ0n) is 14.3. The molecule has 0 amide bonds. The average molecular weight is 390 g/mol. The molecule has 0 aliphatic carbocycles. The van der Waals surface area contributed by atoms with Gasteiger partial charge < -0.3 is 9.26 Å². The fraction of sp³-hybridized carbons (Fsp3) is 0.368. The first-order valence-corrected chi connectivity index (χ1v) is 9.97. The molecule has 1 atom stereocenters. The number of hydrogen-bond donors (Lipinski definition) is 0. The highest BCUT2D eigenvalue weighted by Crippen LogP contribution is 2.22. The molecule has 0 spiro atoms. The van der Waals surface area contributed by atoms with Crippen molar-refractivity contribution >= 4 is 22.9 Å². The van der Waals surface area contributed by atoms with Crippen molar-refractivity contribution in [1.82, 2.24) is 15.0 Å². The molecule has 5 nitrogen and oxygen atoms in total. The second kappa shape index (κ2) is 8.31. The van der Waals surface area contributed by atoms with Crippen molar-refractivity contribution in [3.63, 3.8) is 0 Å². The van der Waals surface area contributed by atoms with Crippen LogP contribution in [0.3, 0.4) is 0 Å². The molecule has 4 rings (SSSR count). The molecule has 1 aliphatic heterocycles. The number of nitrogens with zero attached hydrogens (tertiary/aromatic N) is 3. The third-order valence-corrected chi connectivity index (χ3v) is 5.45. The lowest BCUT2D eigenvalue weighted by Gasteiger charge is -2.23. The van der Waals surface area contributed by atoms with Gasteiger partial charge in [0, 0.05) is 35.2 Å². The molecule has 26 heavy (non-hydrogen) atoms. The van der Waals surface area contributed by atoms with E-state index in [2.05, 4.69) is 32.6 Å². The minimum Gasteiger partial charge on any atom is -0.377 e. The number of rotatable bonds is 7. The van der Waals surface area contributed by atoms with Gasteiger partial charge in [-0.05, 0) is 36.4 Å². The van der Waals surface area contributed by atoms with Crippen molar-refractivity contribution in [1.29, 1.82) is 0 Å². The van der Waals surface area contributed by atoms with Crippen molar-refractivity contribution in [3.05, 3.63) is 57.6 Å². The van der Waals surface area contributed by atoms with Gasteiger partial charge in [-0.25, -0.2) is 0 Å². The lowest BCUT2D eigenvalue weighted by Crippen LogP contribution is -2.31. The first kappa shape index (κ1) is 17.7. The van der Waals surface area contributed by atoms with Crippen LogP contribution in [0.25, 0.3) is 11.4 Å². The van der Waals surface area contributed by atoms with E-state index in [1.807, 2.05) is 24.3 Å². The highest BCUT2D eigenvalue weighted by Gasteiger charge is 2.21. The molecular weight excluding hydrogens is 370 g/mol. The Labute approximate surface area is 161 Å². The largest absolute Gasteiger partial charge is 0.377 e. The number of halogens is 1. The Bertz CT molecular complexity index is 831. The normalized spacial score (nSPS) is 17.2. The van der Waals surface area contributed by atoms with E-state index in [1.165, 1.54) is 4.88 Å². The Kier molecular flexibility index (Phi) is 5.65.